The van der Waals surface area contributed by atoms with Crippen molar-refractivity contribution in [3.63, 3.8) is 0 Å². The van der Waals surface area contributed by atoms with Crippen LogP contribution in [0.4, 0.5) is 0 Å². The van der Waals surface area contributed by atoms with Gasteiger partial charge < -0.3 is 17.2 Å². The number of carbonyl (C=O) groups excluding carboxylic acids is 1. The summed E-state index contributed by atoms with van der Waals surface area (Å²) in [6.07, 6.45) is 0.648. The third-order valence-corrected chi connectivity index (χ3v) is 1.43. The van der Waals surface area contributed by atoms with Crippen molar-refractivity contribution in [1.29, 1.82) is 0 Å². The molecular weight excluding hydrogens is 206 g/mol. The lowest BCUT2D eigenvalue weighted by molar-refractivity contribution is -0.729. The Kier molecular flexibility index (Phi) is 5.71. The lowest BCUT2D eigenvalue weighted by Crippen LogP contribution is -2.33. The van der Waals surface area contributed by atoms with Crippen molar-refractivity contribution in [2.24, 2.45) is 22.2 Å². The molecule has 0 amide bonds. The number of hydrogen-bond donors (Lipinski definition) is 3. The zero-order chi connectivity index (χ0) is 11.8. The third kappa shape index (κ3) is 7.19. The molecule has 9 heteroatoms. The SMILES string of the molecule is NC(N)=NCCCC(N)C(=O)O[N+](=O)[O-]. The molecule has 15 heavy (non-hydrogen) atoms. The summed E-state index contributed by atoms with van der Waals surface area (Å²) in [7, 11) is 0. The van der Waals surface area contributed by atoms with Gasteiger partial charge in [0.2, 0.25) is 0 Å². The maximum absolute atomic E-state index is 10.8. The van der Waals surface area contributed by atoms with Crippen LogP contribution in [0.15, 0.2) is 4.99 Å². The standard InChI is InChI=1S/C6H13N5O4/c7-4(5(12)15-11(13)14)2-1-3-10-6(8)9/h4H,1-3,7H2,(H4,8,9,10). The smallest absolute Gasteiger partial charge is 0.320 e. The first-order chi connectivity index (χ1) is 6.93. The monoisotopic (exact) mass is 219 g/mol. The largest absolute Gasteiger partial charge is 0.370 e. The first-order valence-electron chi connectivity index (χ1n) is 4.10. The molecule has 0 aromatic carbocycles. The van der Waals surface area contributed by atoms with Crippen molar-refractivity contribution >= 4 is 11.9 Å². The van der Waals surface area contributed by atoms with Crippen molar-refractivity contribution < 1.29 is 14.7 Å². The second-order valence-electron chi connectivity index (χ2n) is 2.69. The van der Waals surface area contributed by atoms with E-state index in [4.69, 9.17) is 17.2 Å². The van der Waals surface area contributed by atoms with Gasteiger partial charge >= 0.3 is 11.1 Å². The highest BCUT2D eigenvalue weighted by atomic mass is 17.0. The Hall–Kier alpha value is -1.90. The predicted molar refractivity (Wildman–Crippen MR) is 51.0 cm³/mol. The van der Waals surface area contributed by atoms with Gasteiger partial charge in [-0.3, -0.25) is 9.79 Å². The lowest BCUT2D eigenvalue weighted by atomic mass is 10.2. The fraction of sp³-hybridized carbons (Fsp3) is 0.667. The van der Waals surface area contributed by atoms with E-state index in [1.807, 2.05) is 0 Å². The van der Waals surface area contributed by atoms with E-state index >= 15 is 0 Å². The first kappa shape index (κ1) is 13.1. The number of rotatable bonds is 6. The summed E-state index contributed by atoms with van der Waals surface area (Å²) in [5.41, 5.74) is 15.4. The Morgan fingerprint density at radius 1 is 1.53 bits per heavy atom. The number of nitrogens with two attached hydrogens (primary N) is 3. The van der Waals surface area contributed by atoms with Gasteiger partial charge in [0.25, 0.3) is 0 Å². The van der Waals surface area contributed by atoms with E-state index in [1.165, 1.54) is 0 Å². The number of nitrogens with zero attached hydrogens (tertiary/aromatic N) is 2. The van der Waals surface area contributed by atoms with Gasteiger partial charge in [0.05, 0.1) is 6.04 Å². The number of hydrogen-bond acceptors (Lipinski definition) is 6. The second kappa shape index (κ2) is 6.54. The van der Waals surface area contributed by atoms with E-state index in [0.29, 0.717) is 13.0 Å². The first-order valence-corrected chi connectivity index (χ1v) is 4.10. The summed E-state index contributed by atoms with van der Waals surface area (Å²) in [5.74, 6) is -1.14. The Balaban J connectivity index is 3.74. The Morgan fingerprint density at radius 2 is 2.13 bits per heavy atom. The topological polar surface area (TPSA) is 160 Å². The van der Waals surface area contributed by atoms with Crippen LogP contribution in [-0.4, -0.2) is 29.6 Å². The zero-order valence-corrected chi connectivity index (χ0v) is 7.96. The summed E-state index contributed by atoms with van der Waals surface area (Å²) in [5, 5.41) is 8.59. The Bertz CT molecular complexity index is 262. The highest BCUT2D eigenvalue weighted by Crippen LogP contribution is 1.97. The molecule has 0 saturated heterocycles. The lowest BCUT2D eigenvalue weighted by Gasteiger charge is -2.06. The molecule has 0 bridgehead atoms. The van der Waals surface area contributed by atoms with Crippen LogP contribution in [0, 0.1) is 10.1 Å². The fourth-order valence-electron chi connectivity index (χ4n) is 0.778. The van der Waals surface area contributed by atoms with E-state index < -0.39 is 17.1 Å². The van der Waals surface area contributed by atoms with Crippen molar-refractivity contribution in [2.45, 2.75) is 18.9 Å². The second-order valence-corrected chi connectivity index (χ2v) is 2.69. The minimum absolute atomic E-state index is 0.0589. The molecule has 0 aliphatic heterocycles. The van der Waals surface area contributed by atoms with Gasteiger partial charge in [-0.05, 0) is 12.8 Å². The summed E-state index contributed by atoms with van der Waals surface area (Å²) >= 11 is 0. The van der Waals surface area contributed by atoms with Crippen LogP contribution in [-0.2, 0) is 9.63 Å². The quantitative estimate of drug-likeness (QED) is 0.154. The molecule has 0 aromatic rings. The molecule has 9 nitrogen and oxygen atoms in total. The average molecular weight is 219 g/mol. The summed E-state index contributed by atoms with van der Waals surface area (Å²) < 4.78 is 0. The molecule has 0 rings (SSSR count). The van der Waals surface area contributed by atoms with Crippen molar-refractivity contribution in [1.82, 2.24) is 0 Å². The molecule has 0 aliphatic carbocycles. The van der Waals surface area contributed by atoms with E-state index in [9.17, 15) is 14.9 Å². The van der Waals surface area contributed by atoms with E-state index in [1.54, 1.807) is 0 Å². The third-order valence-electron chi connectivity index (χ3n) is 1.43. The number of carbonyl (C=O) groups is 1. The average Bonchev–Trinajstić information content (AvgIpc) is 2.10. The highest BCUT2D eigenvalue weighted by Gasteiger charge is 2.16. The van der Waals surface area contributed by atoms with Crippen LogP contribution in [0.2, 0.25) is 0 Å². The molecule has 0 fully saturated rings. The van der Waals surface area contributed by atoms with E-state index in [0.717, 1.165) is 0 Å². The molecule has 0 heterocycles. The molecular formula is C6H13N5O4. The van der Waals surface area contributed by atoms with Gasteiger partial charge in [0, 0.05) is 6.54 Å². The van der Waals surface area contributed by atoms with Crippen molar-refractivity contribution in [3.05, 3.63) is 10.1 Å². The van der Waals surface area contributed by atoms with Crippen LogP contribution < -0.4 is 17.2 Å². The van der Waals surface area contributed by atoms with E-state index in [-0.39, 0.29) is 12.4 Å². The van der Waals surface area contributed by atoms with Crippen LogP contribution in [0.25, 0.3) is 0 Å². The summed E-state index contributed by atoms with van der Waals surface area (Å²) in [4.78, 5) is 27.9. The summed E-state index contributed by atoms with van der Waals surface area (Å²) in [6.45, 7) is 0.307. The fourth-order valence-corrected chi connectivity index (χ4v) is 0.778. The molecule has 0 aliphatic rings. The molecule has 0 spiro atoms. The van der Waals surface area contributed by atoms with Gasteiger partial charge in [-0.25, -0.2) is 4.84 Å². The number of aliphatic imine (C=N–C) groups is 1. The van der Waals surface area contributed by atoms with Crippen LogP contribution in [0.1, 0.15) is 12.8 Å². The van der Waals surface area contributed by atoms with Gasteiger partial charge in [0.1, 0.15) is 0 Å². The maximum Gasteiger partial charge on any atom is 0.320 e. The molecule has 86 valence electrons. The molecule has 0 saturated carbocycles. The zero-order valence-electron chi connectivity index (χ0n) is 7.96. The van der Waals surface area contributed by atoms with Crippen LogP contribution in [0.3, 0.4) is 0 Å². The highest BCUT2D eigenvalue weighted by molar-refractivity contribution is 5.75. The summed E-state index contributed by atoms with van der Waals surface area (Å²) in [6, 6.07) is -1.04. The van der Waals surface area contributed by atoms with Gasteiger partial charge in [-0.1, -0.05) is 0 Å². The van der Waals surface area contributed by atoms with Crippen molar-refractivity contribution in [2.75, 3.05) is 6.54 Å². The number of guanidine groups is 1. The van der Waals surface area contributed by atoms with Crippen LogP contribution >= 0.6 is 0 Å². The molecule has 6 N–H and O–H groups in total. The van der Waals surface area contributed by atoms with Gasteiger partial charge in [-0.2, -0.15) is 0 Å². The molecule has 1 atom stereocenters. The van der Waals surface area contributed by atoms with Crippen LogP contribution in [0.5, 0.6) is 0 Å². The Morgan fingerprint density at radius 3 is 2.60 bits per heavy atom. The minimum atomic E-state index is -1.20. The van der Waals surface area contributed by atoms with Crippen molar-refractivity contribution in [3.8, 4) is 0 Å². The van der Waals surface area contributed by atoms with E-state index in [2.05, 4.69) is 9.83 Å². The molecule has 0 aromatic heterocycles. The minimum Gasteiger partial charge on any atom is -0.370 e. The Labute approximate surface area is 85.4 Å². The van der Waals surface area contributed by atoms with Gasteiger partial charge in [-0.15, -0.1) is 10.1 Å². The molecule has 0 radical (unpaired) electrons. The normalized spacial score (nSPS) is 11.5. The maximum atomic E-state index is 10.8. The predicted octanol–water partition coefficient (Wildman–Crippen LogP) is -1.90. The van der Waals surface area contributed by atoms with Gasteiger partial charge in [0.15, 0.2) is 5.96 Å². The molecule has 1 unspecified atom stereocenters.